The molecule has 33 heavy (non-hydrogen) atoms. The molecule has 0 saturated carbocycles. The van der Waals surface area contributed by atoms with Crippen molar-refractivity contribution < 1.29 is 18.0 Å². The second kappa shape index (κ2) is 10.1. The van der Waals surface area contributed by atoms with E-state index >= 15 is 0 Å². The molecule has 1 aromatic carbocycles. The van der Waals surface area contributed by atoms with Crippen LogP contribution >= 0.6 is 0 Å². The molecule has 8 nitrogen and oxygen atoms in total. The van der Waals surface area contributed by atoms with Gasteiger partial charge in [-0.25, -0.2) is 8.42 Å². The Morgan fingerprint density at radius 3 is 2.39 bits per heavy atom. The number of hydrogen-bond donors (Lipinski definition) is 2. The Balaban J connectivity index is 1.43. The molecule has 2 aliphatic heterocycles. The van der Waals surface area contributed by atoms with E-state index in [9.17, 15) is 18.0 Å². The molecule has 0 radical (unpaired) electrons. The number of aryl methyl sites for hydroxylation is 1. The number of likely N-dealkylation sites (tertiary alicyclic amines) is 1. The van der Waals surface area contributed by atoms with Crippen LogP contribution in [0.25, 0.3) is 0 Å². The maximum Gasteiger partial charge on any atom is 0.270 e. The lowest BCUT2D eigenvalue weighted by Crippen LogP contribution is -2.43. The number of piperidine rings is 1. The third-order valence-corrected chi connectivity index (χ3v) is 8.33. The largest absolute Gasteiger partial charge is 0.356 e. The first kappa shape index (κ1) is 23.5. The summed E-state index contributed by atoms with van der Waals surface area (Å²) in [6, 6.07) is 8.95. The summed E-state index contributed by atoms with van der Waals surface area (Å²) in [6.45, 7) is 3.86. The van der Waals surface area contributed by atoms with Crippen LogP contribution < -0.4 is 5.32 Å². The van der Waals surface area contributed by atoms with Crippen molar-refractivity contribution in [2.45, 2.75) is 50.3 Å². The van der Waals surface area contributed by atoms with Crippen molar-refractivity contribution >= 4 is 27.5 Å². The van der Waals surface area contributed by atoms with Crippen LogP contribution in [0.3, 0.4) is 0 Å². The average Bonchev–Trinajstić information content (AvgIpc) is 3.17. The molecule has 9 heteroatoms. The Hall–Kier alpha value is -2.65. The number of rotatable bonds is 5. The van der Waals surface area contributed by atoms with Crippen LogP contribution in [-0.4, -0.2) is 60.6 Å². The number of hydrogen-bond acceptors (Lipinski definition) is 4. The summed E-state index contributed by atoms with van der Waals surface area (Å²) < 4.78 is 27.9. The highest BCUT2D eigenvalue weighted by molar-refractivity contribution is 7.89. The average molecular weight is 473 g/mol. The predicted molar refractivity (Wildman–Crippen MR) is 126 cm³/mol. The van der Waals surface area contributed by atoms with E-state index < -0.39 is 15.9 Å². The van der Waals surface area contributed by atoms with E-state index in [1.165, 1.54) is 16.6 Å². The molecule has 2 saturated heterocycles. The topological polar surface area (TPSA) is 103 Å². The van der Waals surface area contributed by atoms with Crippen molar-refractivity contribution in [2.75, 3.05) is 31.5 Å². The number of carbonyl (C=O) groups is 2. The van der Waals surface area contributed by atoms with Crippen LogP contribution in [0.5, 0.6) is 0 Å². The molecule has 2 N–H and O–H groups in total. The summed E-state index contributed by atoms with van der Waals surface area (Å²) in [7, 11) is -3.81. The second-order valence-corrected chi connectivity index (χ2v) is 11.0. The van der Waals surface area contributed by atoms with Gasteiger partial charge in [0.2, 0.25) is 15.9 Å². The van der Waals surface area contributed by atoms with Gasteiger partial charge in [0, 0.05) is 38.1 Å². The molecule has 178 valence electrons. The van der Waals surface area contributed by atoms with E-state index in [0.717, 1.165) is 31.2 Å². The Kier molecular flexibility index (Phi) is 7.19. The zero-order valence-electron chi connectivity index (χ0n) is 19.0. The molecular formula is C24H32N4O4S. The Morgan fingerprint density at radius 2 is 1.70 bits per heavy atom. The molecule has 0 bridgehead atoms. The molecule has 2 aromatic rings. The minimum absolute atomic E-state index is 0.0697. The molecule has 2 aliphatic rings. The maximum atomic E-state index is 13.3. The quantitative estimate of drug-likeness (QED) is 0.696. The van der Waals surface area contributed by atoms with Crippen LogP contribution in [0.2, 0.25) is 0 Å². The fourth-order valence-corrected chi connectivity index (χ4v) is 6.01. The van der Waals surface area contributed by atoms with Gasteiger partial charge in [-0.15, -0.1) is 0 Å². The van der Waals surface area contributed by atoms with E-state index in [-0.39, 0.29) is 23.3 Å². The van der Waals surface area contributed by atoms with Gasteiger partial charge in [-0.05, 0) is 50.8 Å². The number of nitrogens with zero attached hydrogens (tertiary/aromatic N) is 2. The highest BCUT2D eigenvalue weighted by Gasteiger charge is 2.34. The number of carbonyl (C=O) groups excluding carboxylic acids is 2. The van der Waals surface area contributed by atoms with Crippen molar-refractivity contribution in [3.8, 4) is 0 Å². The van der Waals surface area contributed by atoms with Gasteiger partial charge < -0.3 is 15.2 Å². The Labute approximate surface area is 195 Å². The standard InChI is InChI=1S/C24H32N4O4S/c1-18-8-10-20(11-9-18)26-23(29)19-7-6-14-28(17-19)33(31,32)21-15-22(25-16-21)24(30)27-12-4-2-3-5-13-27/h8-11,15-16,19,25H,2-7,12-14,17H2,1H3,(H,26,29)/t19-/m1/s1. The van der Waals surface area contributed by atoms with Crippen LogP contribution in [0.4, 0.5) is 5.69 Å². The van der Waals surface area contributed by atoms with E-state index in [1.54, 1.807) is 4.90 Å². The second-order valence-electron chi connectivity index (χ2n) is 9.01. The lowest BCUT2D eigenvalue weighted by molar-refractivity contribution is -0.120. The first-order chi connectivity index (χ1) is 15.8. The number of benzene rings is 1. The number of H-pyrrole nitrogens is 1. The minimum atomic E-state index is -3.81. The fraction of sp³-hybridized carbons (Fsp3) is 0.500. The predicted octanol–water partition coefficient (Wildman–Crippen LogP) is 3.38. The first-order valence-corrected chi connectivity index (χ1v) is 13.1. The van der Waals surface area contributed by atoms with Crippen molar-refractivity contribution in [1.82, 2.24) is 14.2 Å². The monoisotopic (exact) mass is 472 g/mol. The van der Waals surface area contributed by atoms with Gasteiger partial charge in [0.05, 0.1) is 5.92 Å². The molecule has 2 amide bonds. The summed E-state index contributed by atoms with van der Waals surface area (Å²) in [5.41, 5.74) is 2.09. The maximum absolute atomic E-state index is 13.3. The number of aromatic amines is 1. The number of nitrogens with one attached hydrogen (secondary N) is 2. The van der Waals surface area contributed by atoms with Gasteiger partial charge in [0.25, 0.3) is 5.91 Å². The van der Waals surface area contributed by atoms with Gasteiger partial charge >= 0.3 is 0 Å². The lowest BCUT2D eigenvalue weighted by Gasteiger charge is -2.31. The molecular weight excluding hydrogens is 440 g/mol. The number of amides is 2. The van der Waals surface area contributed by atoms with E-state index in [0.29, 0.717) is 43.9 Å². The molecule has 3 heterocycles. The summed E-state index contributed by atoms with van der Waals surface area (Å²) in [4.78, 5) is 30.3. The van der Waals surface area contributed by atoms with Crippen LogP contribution in [0.1, 0.15) is 54.6 Å². The van der Waals surface area contributed by atoms with Gasteiger partial charge in [0.15, 0.2) is 0 Å². The van der Waals surface area contributed by atoms with E-state index in [2.05, 4.69) is 10.3 Å². The van der Waals surface area contributed by atoms with Crippen molar-refractivity contribution in [2.24, 2.45) is 5.92 Å². The smallest absolute Gasteiger partial charge is 0.270 e. The SMILES string of the molecule is Cc1ccc(NC(=O)[C@@H]2CCCN(S(=O)(=O)c3c[nH]c(C(=O)N4CCCCCC4)c3)C2)cc1. The number of anilines is 1. The van der Waals surface area contributed by atoms with E-state index in [4.69, 9.17) is 0 Å². The number of sulfonamides is 1. The Morgan fingerprint density at radius 1 is 1.00 bits per heavy atom. The molecule has 0 spiro atoms. The van der Waals surface area contributed by atoms with Crippen molar-refractivity contribution in [1.29, 1.82) is 0 Å². The van der Waals surface area contributed by atoms with Crippen molar-refractivity contribution in [3.05, 3.63) is 47.8 Å². The summed E-state index contributed by atoms with van der Waals surface area (Å²) >= 11 is 0. The van der Waals surface area contributed by atoms with Crippen LogP contribution in [0, 0.1) is 12.8 Å². The summed E-state index contributed by atoms with van der Waals surface area (Å²) in [5, 5.41) is 2.89. The third kappa shape index (κ3) is 5.47. The molecule has 2 fully saturated rings. The first-order valence-electron chi connectivity index (χ1n) is 11.7. The molecule has 0 aliphatic carbocycles. The molecule has 4 rings (SSSR count). The summed E-state index contributed by atoms with van der Waals surface area (Å²) in [6.07, 6.45) is 6.79. The van der Waals surface area contributed by atoms with E-state index in [1.807, 2.05) is 31.2 Å². The van der Waals surface area contributed by atoms with Crippen LogP contribution in [-0.2, 0) is 14.8 Å². The number of aromatic nitrogens is 1. The molecule has 0 unspecified atom stereocenters. The molecule has 1 aromatic heterocycles. The fourth-order valence-electron chi connectivity index (χ4n) is 4.50. The highest BCUT2D eigenvalue weighted by Crippen LogP contribution is 2.26. The zero-order valence-corrected chi connectivity index (χ0v) is 19.9. The normalized spacial score (nSPS) is 20.3. The van der Waals surface area contributed by atoms with Crippen molar-refractivity contribution in [3.63, 3.8) is 0 Å². The molecule has 1 atom stereocenters. The minimum Gasteiger partial charge on any atom is -0.356 e. The van der Waals surface area contributed by atoms with Gasteiger partial charge in [0.1, 0.15) is 10.6 Å². The Bertz CT molecular complexity index is 1090. The van der Waals surface area contributed by atoms with Gasteiger partial charge in [-0.1, -0.05) is 30.5 Å². The van der Waals surface area contributed by atoms with Gasteiger partial charge in [-0.2, -0.15) is 4.31 Å². The lowest BCUT2D eigenvalue weighted by atomic mass is 9.98. The van der Waals surface area contributed by atoms with Crippen LogP contribution in [0.15, 0.2) is 41.4 Å². The highest BCUT2D eigenvalue weighted by atomic mass is 32.2. The zero-order chi connectivity index (χ0) is 23.4. The third-order valence-electron chi connectivity index (χ3n) is 6.49. The van der Waals surface area contributed by atoms with Gasteiger partial charge in [-0.3, -0.25) is 9.59 Å². The summed E-state index contributed by atoms with van der Waals surface area (Å²) in [5.74, 6) is -0.760.